The van der Waals surface area contributed by atoms with Crippen molar-refractivity contribution in [1.29, 1.82) is 0 Å². The molecule has 2 heterocycles. The molecule has 1 saturated carbocycles. The molecule has 1 fully saturated rings. The number of nitrogens with two attached hydrogens (primary N) is 1. The summed E-state index contributed by atoms with van der Waals surface area (Å²) in [6, 6.07) is 0.656. The largest absolute Gasteiger partial charge is 0.331 e. The molecule has 3 rings (SSSR count). The highest BCUT2D eigenvalue weighted by atomic mass is 32.2. The summed E-state index contributed by atoms with van der Waals surface area (Å²) in [6.07, 6.45) is 6.36. The van der Waals surface area contributed by atoms with Crippen molar-refractivity contribution in [3.05, 3.63) is 18.2 Å². The minimum atomic E-state index is 0.540. The van der Waals surface area contributed by atoms with Crippen LogP contribution in [0.5, 0.6) is 0 Å². The van der Waals surface area contributed by atoms with Crippen molar-refractivity contribution in [2.24, 2.45) is 5.73 Å². The number of hydrogen-bond acceptors (Lipinski definition) is 6. The van der Waals surface area contributed by atoms with Crippen LogP contribution in [0, 0.1) is 0 Å². The summed E-state index contributed by atoms with van der Waals surface area (Å²) >= 11 is 1.62. The van der Waals surface area contributed by atoms with Gasteiger partial charge in [-0.3, -0.25) is 0 Å². The zero-order valence-electron chi connectivity index (χ0n) is 9.94. The fourth-order valence-corrected chi connectivity index (χ4v) is 2.70. The highest BCUT2D eigenvalue weighted by Gasteiger charge is 2.25. The molecule has 0 saturated heterocycles. The number of tetrazole rings is 1. The summed E-state index contributed by atoms with van der Waals surface area (Å²) in [5.74, 6) is 0.835. The van der Waals surface area contributed by atoms with E-state index in [9.17, 15) is 0 Å². The minimum absolute atomic E-state index is 0.540. The fraction of sp³-hybridized carbons (Fsp3) is 0.600. The van der Waals surface area contributed by atoms with Crippen LogP contribution in [0.2, 0.25) is 0 Å². The summed E-state index contributed by atoms with van der Waals surface area (Å²) in [6.45, 7) is 1.19. The average molecular weight is 265 g/mol. The van der Waals surface area contributed by atoms with Crippen molar-refractivity contribution >= 4 is 11.8 Å². The van der Waals surface area contributed by atoms with E-state index >= 15 is 0 Å². The summed E-state index contributed by atoms with van der Waals surface area (Å²) in [4.78, 5) is 4.21. The Morgan fingerprint density at radius 2 is 2.33 bits per heavy atom. The minimum Gasteiger partial charge on any atom is -0.331 e. The van der Waals surface area contributed by atoms with E-state index in [0.717, 1.165) is 10.9 Å². The van der Waals surface area contributed by atoms with Crippen molar-refractivity contribution < 1.29 is 0 Å². The number of imidazole rings is 1. The Morgan fingerprint density at radius 3 is 3.11 bits per heavy atom. The lowest BCUT2D eigenvalue weighted by Crippen LogP contribution is -2.12. The molecule has 1 aliphatic carbocycles. The SMILES string of the molecule is NCCn1nnnc1SCc1cncn1C1CC1. The number of nitrogens with zero attached hydrogens (tertiary/aromatic N) is 6. The van der Waals surface area contributed by atoms with E-state index < -0.39 is 0 Å². The lowest BCUT2D eigenvalue weighted by molar-refractivity contribution is 0.556. The Hall–Kier alpha value is -1.41. The van der Waals surface area contributed by atoms with E-state index in [4.69, 9.17) is 5.73 Å². The summed E-state index contributed by atoms with van der Waals surface area (Å²) in [5.41, 5.74) is 6.74. The van der Waals surface area contributed by atoms with Gasteiger partial charge in [0.25, 0.3) is 0 Å². The first-order valence-electron chi connectivity index (χ1n) is 5.98. The molecule has 0 aromatic carbocycles. The highest BCUT2D eigenvalue weighted by Crippen LogP contribution is 2.36. The maximum atomic E-state index is 5.51. The predicted octanol–water partition coefficient (Wildman–Crippen LogP) is 0.455. The third kappa shape index (κ3) is 2.39. The smallest absolute Gasteiger partial charge is 0.209 e. The van der Waals surface area contributed by atoms with E-state index in [2.05, 4.69) is 25.1 Å². The first kappa shape index (κ1) is 11.7. The molecule has 96 valence electrons. The second kappa shape index (κ2) is 5.07. The highest BCUT2D eigenvalue weighted by molar-refractivity contribution is 7.98. The van der Waals surface area contributed by atoms with Gasteiger partial charge < -0.3 is 10.3 Å². The molecule has 0 aliphatic heterocycles. The van der Waals surface area contributed by atoms with Crippen LogP contribution >= 0.6 is 11.8 Å². The van der Waals surface area contributed by atoms with E-state index in [1.54, 1.807) is 16.4 Å². The fourth-order valence-electron chi connectivity index (χ4n) is 1.83. The first-order valence-corrected chi connectivity index (χ1v) is 6.97. The molecular formula is C10H15N7S. The van der Waals surface area contributed by atoms with Gasteiger partial charge in [-0.15, -0.1) is 5.10 Å². The maximum Gasteiger partial charge on any atom is 0.209 e. The molecule has 7 nitrogen and oxygen atoms in total. The van der Waals surface area contributed by atoms with Gasteiger partial charge in [0, 0.05) is 30.2 Å². The third-order valence-electron chi connectivity index (χ3n) is 2.88. The maximum absolute atomic E-state index is 5.51. The zero-order chi connectivity index (χ0) is 12.4. The van der Waals surface area contributed by atoms with Gasteiger partial charge >= 0.3 is 0 Å². The second-order valence-corrected chi connectivity index (χ2v) is 5.23. The average Bonchev–Trinajstić information content (AvgIpc) is 2.95. The van der Waals surface area contributed by atoms with Gasteiger partial charge in [-0.1, -0.05) is 11.8 Å². The Balaban J connectivity index is 1.66. The molecule has 0 amide bonds. The van der Waals surface area contributed by atoms with E-state index in [0.29, 0.717) is 19.1 Å². The second-order valence-electron chi connectivity index (χ2n) is 4.29. The lowest BCUT2D eigenvalue weighted by Gasteiger charge is -2.06. The lowest BCUT2D eigenvalue weighted by atomic mass is 10.5. The van der Waals surface area contributed by atoms with Crippen LogP contribution in [0.15, 0.2) is 17.7 Å². The van der Waals surface area contributed by atoms with Gasteiger partial charge in [0.2, 0.25) is 5.16 Å². The van der Waals surface area contributed by atoms with Crippen molar-refractivity contribution in [3.63, 3.8) is 0 Å². The Kier molecular flexibility index (Phi) is 3.28. The number of aromatic nitrogens is 6. The van der Waals surface area contributed by atoms with E-state index in [1.165, 1.54) is 18.5 Å². The molecule has 8 heteroatoms. The van der Waals surface area contributed by atoms with Gasteiger partial charge in [0.1, 0.15) is 0 Å². The molecule has 1 aliphatic rings. The van der Waals surface area contributed by atoms with Crippen molar-refractivity contribution in [2.45, 2.75) is 36.3 Å². The predicted molar refractivity (Wildman–Crippen MR) is 66.9 cm³/mol. The van der Waals surface area contributed by atoms with Gasteiger partial charge in [-0.2, -0.15) is 0 Å². The normalized spacial score (nSPS) is 15.2. The van der Waals surface area contributed by atoms with Gasteiger partial charge in [-0.25, -0.2) is 9.67 Å². The number of thioether (sulfide) groups is 1. The van der Waals surface area contributed by atoms with Crippen LogP contribution in [0.1, 0.15) is 24.6 Å². The van der Waals surface area contributed by atoms with Crippen molar-refractivity contribution in [3.8, 4) is 0 Å². The number of hydrogen-bond donors (Lipinski definition) is 1. The molecule has 2 aromatic heterocycles. The first-order chi connectivity index (χ1) is 8.88. The van der Waals surface area contributed by atoms with Crippen LogP contribution in [0.3, 0.4) is 0 Å². The van der Waals surface area contributed by atoms with Gasteiger partial charge in [0.05, 0.1) is 12.9 Å². The summed E-state index contributed by atoms with van der Waals surface area (Å²) < 4.78 is 3.99. The molecule has 0 bridgehead atoms. The standard InChI is InChI=1S/C10H15N7S/c11-3-4-17-10(13-14-15-17)18-6-9-5-12-7-16(9)8-1-2-8/h5,7-8H,1-4,6,11H2. The van der Waals surface area contributed by atoms with Crippen LogP contribution in [0.25, 0.3) is 0 Å². The van der Waals surface area contributed by atoms with E-state index in [-0.39, 0.29) is 0 Å². The van der Waals surface area contributed by atoms with Crippen molar-refractivity contribution in [1.82, 2.24) is 29.8 Å². The molecule has 0 radical (unpaired) electrons. The van der Waals surface area contributed by atoms with Crippen LogP contribution < -0.4 is 5.73 Å². The number of rotatable bonds is 6. The molecule has 0 unspecified atom stereocenters. The zero-order valence-corrected chi connectivity index (χ0v) is 10.8. The molecule has 2 N–H and O–H groups in total. The molecular weight excluding hydrogens is 250 g/mol. The van der Waals surface area contributed by atoms with Crippen molar-refractivity contribution in [2.75, 3.05) is 6.54 Å². The van der Waals surface area contributed by atoms with E-state index in [1.807, 2.05) is 12.5 Å². The molecule has 2 aromatic rings. The van der Waals surface area contributed by atoms with Crippen LogP contribution in [-0.4, -0.2) is 36.3 Å². The molecule has 18 heavy (non-hydrogen) atoms. The Morgan fingerprint density at radius 1 is 1.44 bits per heavy atom. The molecule has 0 atom stereocenters. The quantitative estimate of drug-likeness (QED) is 0.763. The third-order valence-corrected chi connectivity index (χ3v) is 3.87. The monoisotopic (exact) mass is 265 g/mol. The van der Waals surface area contributed by atoms with Gasteiger partial charge in [-0.05, 0) is 23.3 Å². The topological polar surface area (TPSA) is 87.4 Å². The van der Waals surface area contributed by atoms with Gasteiger partial charge in [0.15, 0.2) is 0 Å². The molecule has 0 spiro atoms. The van der Waals surface area contributed by atoms with Crippen LogP contribution in [-0.2, 0) is 12.3 Å². The summed E-state index contributed by atoms with van der Waals surface area (Å²) in [7, 11) is 0. The Bertz CT molecular complexity index is 516. The Labute approximate surface area is 109 Å². The van der Waals surface area contributed by atoms with Crippen LogP contribution in [0.4, 0.5) is 0 Å². The summed E-state index contributed by atoms with van der Waals surface area (Å²) in [5, 5.41) is 12.4.